The Bertz CT molecular complexity index is 586. The Kier molecular flexibility index (Phi) is 3.40. The van der Waals surface area contributed by atoms with Crippen LogP contribution in [0.15, 0.2) is 30.5 Å². The lowest BCUT2D eigenvalue weighted by Crippen LogP contribution is -2.07. The van der Waals surface area contributed by atoms with E-state index < -0.39 is 0 Å². The first kappa shape index (κ1) is 12.1. The number of rotatable bonds is 3. The van der Waals surface area contributed by atoms with Gasteiger partial charge in [-0.2, -0.15) is 0 Å². The molecular weight excluding hydrogens is 243 g/mol. The second kappa shape index (κ2) is 5.34. The van der Waals surface area contributed by atoms with Gasteiger partial charge in [0.05, 0.1) is 0 Å². The molecule has 2 heterocycles. The van der Waals surface area contributed by atoms with Crippen molar-refractivity contribution in [3.8, 4) is 5.88 Å². The summed E-state index contributed by atoms with van der Waals surface area (Å²) in [7, 11) is 0. The summed E-state index contributed by atoms with van der Waals surface area (Å²) in [4.78, 5) is 8.44. The van der Waals surface area contributed by atoms with Gasteiger partial charge in [-0.05, 0) is 43.4 Å². The molecule has 0 atom stereocenters. The van der Waals surface area contributed by atoms with Crippen LogP contribution in [-0.4, -0.2) is 9.97 Å². The van der Waals surface area contributed by atoms with Gasteiger partial charge in [0.25, 0.3) is 0 Å². The van der Waals surface area contributed by atoms with Crippen LogP contribution < -0.4 is 4.74 Å². The second-order valence-corrected chi connectivity index (χ2v) is 4.68. The van der Waals surface area contributed by atoms with Crippen molar-refractivity contribution in [3.05, 3.63) is 53.2 Å². The lowest BCUT2D eigenvalue weighted by molar-refractivity contribution is 0.281. The number of fused-ring (bicyclic) bond motifs is 1. The summed E-state index contributed by atoms with van der Waals surface area (Å²) in [5, 5.41) is 0. The smallest absolute Gasteiger partial charge is 0.213 e. The third kappa shape index (κ3) is 2.72. The van der Waals surface area contributed by atoms with E-state index in [9.17, 15) is 4.39 Å². The summed E-state index contributed by atoms with van der Waals surface area (Å²) in [6.07, 6.45) is 6.07. The first-order valence-electron chi connectivity index (χ1n) is 6.54. The Hall–Kier alpha value is -1.97. The fourth-order valence-corrected chi connectivity index (χ4v) is 2.31. The normalized spacial score (nSPS) is 13.9. The van der Waals surface area contributed by atoms with Gasteiger partial charge in [-0.25, -0.2) is 9.37 Å². The molecule has 3 rings (SSSR count). The minimum Gasteiger partial charge on any atom is -0.471 e. The van der Waals surface area contributed by atoms with Crippen molar-refractivity contribution >= 4 is 0 Å². The number of aromatic nitrogens is 2. The lowest BCUT2D eigenvalue weighted by atomic mass is 9.96. The van der Waals surface area contributed by atoms with Gasteiger partial charge in [0.15, 0.2) is 0 Å². The fraction of sp³-hybridized carbons (Fsp3) is 0.333. The van der Waals surface area contributed by atoms with Crippen molar-refractivity contribution in [2.75, 3.05) is 0 Å². The van der Waals surface area contributed by atoms with Crippen molar-refractivity contribution in [2.24, 2.45) is 0 Å². The van der Waals surface area contributed by atoms with E-state index in [1.165, 1.54) is 24.5 Å². The number of nitrogens with zero attached hydrogens (tertiary/aromatic N) is 2. The molecule has 2 aromatic heterocycles. The molecule has 0 saturated carbocycles. The maximum Gasteiger partial charge on any atom is 0.213 e. The molecule has 0 fully saturated rings. The molecule has 2 aromatic rings. The Morgan fingerprint density at radius 1 is 1.16 bits per heavy atom. The Balaban J connectivity index is 1.72. The van der Waals surface area contributed by atoms with Gasteiger partial charge in [0, 0.05) is 18.0 Å². The van der Waals surface area contributed by atoms with Gasteiger partial charge in [-0.1, -0.05) is 6.07 Å². The summed E-state index contributed by atoms with van der Waals surface area (Å²) in [5.74, 6) is 0.200. The molecule has 0 spiro atoms. The van der Waals surface area contributed by atoms with Crippen LogP contribution in [0.4, 0.5) is 4.39 Å². The Morgan fingerprint density at radius 2 is 2.05 bits per heavy atom. The Labute approximate surface area is 111 Å². The van der Waals surface area contributed by atoms with Crippen molar-refractivity contribution in [1.82, 2.24) is 9.97 Å². The maximum absolute atomic E-state index is 13.4. The molecule has 4 heteroatoms. The first-order chi connectivity index (χ1) is 9.33. The quantitative estimate of drug-likeness (QED) is 0.848. The van der Waals surface area contributed by atoms with Crippen molar-refractivity contribution in [1.29, 1.82) is 0 Å². The highest BCUT2D eigenvalue weighted by Gasteiger charge is 2.12. The standard InChI is InChI=1S/C15H15FN2O/c16-12-5-3-9-17-14(12)10-19-15-8-7-11-4-1-2-6-13(11)18-15/h3,5,7-9H,1-2,4,6,10H2. The average molecular weight is 258 g/mol. The highest BCUT2D eigenvalue weighted by molar-refractivity contribution is 5.27. The van der Waals surface area contributed by atoms with E-state index in [1.54, 1.807) is 12.3 Å². The molecule has 19 heavy (non-hydrogen) atoms. The van der Waals surface area contributed by atoms with Crippen LogP contribution in [0.3, 0.4) is 0 Å². The fourth-order valence-electron chi connectivity index (χ4n) is 2.31. The number of pyridine rings is 2. The predicted octanol–water partition coefficient (Wildman–Crippen LogP) is 3.07. The van der Waals surface area contributed by atoms with Crippen LogP contribution >= 0.6 is 0 Å². The van der Waals surface area contributed by atoms with E-state index in [2.05, 4.69) is 16.0 Å². The summed E-state index contributed by atoms with van der Waals surface area (Å²) in [5.41, 5.74) is 2.73. The molecule has 0 aliphatic heterocycles. The summed E-state index contributed by atoms with van der Waals surface area (Å²) in [6, 6.07) is 6.86. The van der Waals surface area contributed by atoms with Crippen molar-refractivity contribution < 1.29 is 9.13 Å². The molecule has 0 saturated heterocycles. The zero-order valence-electron chi connectivity index (χ0n) is 10.6. The van der Waals surface area contributed by atoms with E-state index in [-0.39, 0.29) is 12.4 Å². The number of hydrogen-bond donors (Lipinski definition) is 0. The Morgan fingerprint density at radius 3 is 2.95 bits per heavy atom. The number of hydrogen-bond acceptors (Lipinski definition) is 3. The van der Waals surface area contributed by atoms with E-state index in [0.29, 0.717) is 11.6 Å². The van der Waals surface area contributed by atoms with Crippen LogP contribution in [0, 0.1) is 5.82 Å². The van der Waals surface area contributed by atoms with Gasteiger partial charge in [-0.15, -0.1) is 0 Å². The zero-order chi connectivity index (χ0) is 13.1. The molecule has 98 valence electrons. The van der Waals surface area contributed by atoms with E-state index in [4.69, 9.17) is 4.74 Å². The molecule has 0 bridgehead atoms. The summed E-state index contributed by atoms with van der Waals surface area (Å²) in [6.45, 7) is 0.110. The minimum absolute atomic E-state index is 0.110. The molecule has 0 radical (unpaired) electrons. The van der Waals surface area contributed by atoms with Crippen LogP contribution in [0.1, 0.15) is 29.8 Å². The molecule has 0 unspecified atom stereocenters. The average Bonchev–Trinajstić information content (AvgIpc) is 2.46. The van der Waals surface area contributed by atoms with Gasteiger partial charge < -0.3 is 4.74 Å². The largest absolute Gasteiger partial charge is 0.471 e. The molecule has 1 aliphatic carbocycles. The minimum atomic E-state index is -0.347. The van der Waals surface area contributed by atoms with E-state index in [0.717, 1.165) is 18.5 Å². The van der Waals surface area contributed by atoms with Gasteiger partial charge >= 0.3 is 0 Å². The summed E-state index contributed by atoms with van der Waals surface area (Å²) < 4.78 is 18.9. The van der Waals surface area contributed by atoms with Crippen LogP contribution in [0.2, 0.25) is 0 Å². The van der Waals surface area contributed by atoms with Gasteiger partial charge in [-0.3, -0.25) is 4.98 Å². The number of halogens is 1. The SMILES string of the molecule is Fc1cccnc1COc1ccc2c(n1)CCCC2. The highest BCUT2D eigenvalue weighted by Crippen LogP contribution is 2.22. The number of aryl methyl sites for hydroxylation is 2. The third-order valence-electron chi connectivity index (χ3n) is 3.34. The molecule has 0 amide bonds. The maximum atomic E-state index is 13.4. The first-order valence-corrected chi connectivity index (χ1v) is 6.54. The van der Waals surface area contributed by atoms with E-state index >= 15 is 0 Å². The monoisotopic (exact) mass is 258 g/mol. The van der Waals surface area contributed by atoms with Crippen molar-refractivity contribution in [2.45, 2.75) is 32.3 Å². The molecule has 0 aromatic carbocycles. The highest BCUT2D eigenvalue weighted by atomic mass is 19.1. The lowest BCUT2D eigenvalue weighted by Gasteiger charge is -2.15. The molecule has 0 N–H and O–H groups in total. The topological polar surface area (TPSA) is 35.0 Å². The van der Waals surface area contributed by atoms with Crippen LogP contribution in [0.5, 0.6) is 5.88 Å². The molecule has 1 aliphatic rings. The third-order valence-corrected chi connectivity index (χ3v) is 3.34. The summed E-state index contributed by atoms with van der Waals surface area (Å²) >= 11 is 0. The van der Waals surface area contributed by atoms with Crippen molar-refractivity contribution in [3.63, 3.8) is 0 Å². The molecular formula is C15H15FN2O. The number of ether oxygens (including phenoxy) is 1. The van der Waals surface area contributed by atoms with Crippen LogP contribution in [0.25, 0.3) is 0 Å². The van der Waals surface area contributed by atoms with Gasteiger partial charge in [0.1, 0.15) is 18.1 Å². The van der Waals surface area contributed by atoms with Gasteiger partial charge in [0.2, 0.25) is 5.88 Å². The second-order valence-electron chi connectivity index (χ2n) is 4.68. The zero-order valence-corrected chi connectivity index (χ0v) is 10.6. The van der Waals surface area contributed by atoms with Crippen LogP contribution in [-0.2, 0) is 19.4 Å². The molecule has 3 nitrogen and oxygen atoms in total. The predicted molar refractivity (Wildman–Crippen MR) is 69.4 cm³/mol. The van der Waals surface area contributed by atoms with E-state index in [1.807, 2.05) is 6.07 Å².